The van der Waals surface area contributed by atoms with Crippen LogP contribution in [0.3, 0.4) is 0 Å². The molecule has 1 aromatic heterocycles. The van der Waals surface area contributed by atoms with Crippen LogP contribution in [0.5, 0.6) is 0 Å². The first-order chi connectivity index (χ1) is 10.9. The molecule has 0 radical (unpaired) electrons. The van der Waals surface area contributed by atoms with Crippen molar-refractivity contribution in [2.45, 2.75) is 58.3 Å². The predicted molar refractivity (Wildman–Crippen MR) is 78.8 cm³/mol. The van der Waals surface area contributed by atoms with E-state index >= 15 is 0 Å². The second kappa shape index (κ2) is 7.65. The van der Waals surface area contributed by atoms with E-state index in [0.717, 1.165) is 0 Å². The lowest BCUT2D eigenvalue weighted by Crippen LogP contribution is -2.46. The minimum absolute atomic E-state index is 0.0786. The molecule has 0 saturated heterocycles. The summed E-state index contributed by atoms with van der Waals surface area (Å²) >= 11 is 0. The molecule has 1 fully saturated rings. The summed E-state index contributed by atoms with van der Waals surface area (Å²) < 4.78 is 43.5. The molecule has 2 rings (SSSR count). The van der Waals surface area contributed by atoms with Gasteiger partial charge in [0.15, 0.2) is 11.8 Å². The molecule has 0 bridgehead atoms. The summed E-state index contributed by atoms with van der Waals surface area (Å²) in [5.41, 5.74) is 0. The van der Waals surface area contributed by atoms with Gasteiger partial charge in [0.05, 0.1) is 5.92 Å². The van der Waals surface area contributed by atoms with Crippen molar-refractivity contribution in [1.82, 2.24) is 20.8 Å². The molecule has 0 aliphatic heterocycles. The molecule has 6 nitrogen and oxygen atoms in total. The van der Waals surface area contributed by atoms with Crippen molar-refractivity contribution in [3.8, 4) is 0 Å². The van der Waals surface area contributed by atoms with Crippen LogP contribution >= 0.6 is 0 Å². The van der Waals surface area contributed by atoms with Crippen molar-refractivity contribution >= 4 is 5.96 Å². The van der Waals surface area contributed by atoms with E-state index in [1.165, 1.54) is 0 Å². The predicted octanol–water partition coefficient (Wildman–Crippen LogP) is 2.55. The van der Waals surface area contributed by atoms with Gasteiger partial charge >= 0.3 is 6.18 Å². The first-order valence-electron chi connectivity index (χ1n) is 7.79. The average Bonchev–Trinajstić information content (AvgIpc) is 2.90. The molecule has 2 atom stereocenters. The minimum atomic E-state index is -4.13. The van der Waals surface area contributed by atoms with Crippen LogP contribution < -0.4 is 10.6 Å². The molecule has 1 aromatic rings. The van der Waals surface area contributed by atoms with Crippen molar-refractivity contribution in [3.63, 3.8) is 0 Å². The second-order valence-electron chi connectivity index (χ2n) is 5.67. The van der Waals surface area contributed by atoms with Crippen molar-refractivity contribution in [3.05, 3.63) is 11.7 Å². The number of hydrogen-bond donors (Lipinski definition) is 2. The van der Waals surface area contributed by atoms with Gasteiger partial charge < -0.3 is 15.2 Å². The van der Waals surface area contributed by atoms with Crippen LogP contribution in [0, 0.1) is 12.8 Å². The molecule has 0 spiro atoms. The van der Waals surface area contributed by atoms with Crippen LogP contribution in [0.4, 0.5) is 13.2 Å². The Morgan fingerprint density at radius 2 is 2.17 bits per heavy atom. The molecule has 0 aromatic carbocycles. The Morgan fingerprint density at radius 1 is 1.39 bits per heavy atom. The Morgan fingerprint density at radius 3 is 2.78 bits per heavy atom. The fourth-order valence-electron chi connectivity index (χ4n) is 2.69. The third-order valence-corrected chi connectivity index (χ3v) is 3.77. The average molecular weight is 333 g/mol. The second-order valence-corrected chi connectivity index (χ2v) is 5.67. The maximum atomic E-state index is 12.9. The number of alkyl halides is 3. The van der Waals surface area contributed by atoms with Gasteiger partial charge in [-0.1, -0.05) is 11.6 Å². The number of guanidine groups is 1. The summed E-state index contributed by atoms with van der Waals surface area (Å²) in [4.78, 5) is 8.35. The van der Waals surface area contributed by atoms with Gasteiger partial charge in [-0.05, 0) is 26.2 Å². The van der Waals surface area contributed by atoms with E-state index in [0.29, 0.717) is 37.1 Å². The first kappa shape index (κ1) is 17.6. The number of aliphatic imine (C=N–C) groups is 1. The molecule has 1 aliphatic carbocycles. The Balaban J connectivity index is 1.95. The smallest absolute Gasteiger partial charge is 0.357 e. The van der Waals surface area contributed by atoms with Gasteiger partial charge in [0.1, 0.15) is 6.54 Å². The first-order valence-corrected chi connectivity index (χ1v) is 7.79. The van der Waals surface area contributed by atoms with E-state index < -0.39 is 12.1 Å². The Hall–Kier alpha value is -1.80. The van der Waals surface area contributed by atoms with Gasteiger partial charge in [-0.25, -0.2) is 4.99 Å². The molecule has 2 unspecified atom stereocenters. The van der Waals surface area contributed by atoms with Crippen molar-refractivity contribution in [2.24, 2.45) is 10.9 Å². The maximum absolute atomic E-state index is 12.9. The molecule has 23 heavy (non-hydrogen) atoms. The normalized spacial score (nSPS) is 22.9. The van der Waals surface area contributed by atoms with Crippen LogP contribution in [0.2, 0.25) is 0 Å². The molecule has 1 heterocycles. The van der Waals surface area contributed by atoms with E-state index in [4.69, 9.17) is 4.52 Å². The number of aromatic nitrogens is 2. The van der Waals surface area contributed by atoms with E-state index in [9.17, 15) is 13.2 Å². The molecule has 2 N–H and O–H groups in total. The van der Waals surface area contributed by atoms with Crippen LogP contribution in [-0.4, -0.2) is 34.9 Å². The molecule has 1 aliphatic rings. The topological polar surface area (TPSA) is 75.3 Å². The third kappa shape index (κ3) is 5.40. The SMILES string of the molecule is CCNC(=NCc1noc(C)n1)NC1CCCC(C(F)(F)F)C1. The van der Waals surface area contributed by atoms with Crippen molar-refractivity contribution < 1.29 is 17.7 Å². The van der Waals surface area contributed by atoms with Crippen LogP contribution in [0.15, 0.2) is 9.52 Å². The fourth-order valence-corrected chi connectivity index (χ4v) is 2.69. The van der Waals surface area contributed by atoms with Crippen molar-refractivity contribution in [2.75, 3.05) is 6.54 Å². The highest BCUT2D eigenvalue weighted by Crippen LogP contribution is 2.37. The zero-order valence-electron chi connectivity index (χ0n) is 13.3. The molecular formula is C14H22F3N5O. The van der Waals surface area contributed by atoms with E-state index in [2.05, 4.69) is 25.8 Å². The standard InChI is InChI=1S/C14H22F3N5O/c1-3-18-13(19-8-12-20-9(2)23-22-12)21-11-6-4-5-10(7-11)14(15,16)17/h10-11H,3-8H2,1-2H3,(H2,18,19,21). The number of aryl methyl sites for hydroxylation is 1. The molecule has 130 valence electrons. The summed E-state index contributed by atoms with van der Waals surface area (Å²) in [6.07, 6.45) is -2.58. The Bertz CT molecular complexity index is 529. The lowest BCUT2D eigenvalue weighted by atomic mass is 9.85. The summed E-state index contributed by atoms with van der Waals surface area (Å²) in [6.45, 7) is 4.41. The summed E-state index contributed by atoms with van der Waals surface area (Å²) in [7, 11) is 0. The highest BCUT2D eigenvalue weighted by Gasteiger charge is 2.42. The minimum Gasteiger partial charge on any atom is -0.357 e. The fraction of sp³-hybridized carbons (Fsp3) is 0.786. The third-order valence-electron chi connectivity index (χ3n) is 3.77. The van der Waals surface area contributed by atoms with Gasteiger partial charge in [-0.15, -0.1) is 0 Å². The van der Waals surface area contributed by atoms with Gasteiger partial charge in [0, 0.05) is 19.5 Å². The summed E-state index contributed by atoms with van der Waals surface area (Å²) in [5, 5.41) is 9.86. The number of rotatable bonds is 4. The van der Waals surface area contributed by atoms with Crippen LogP contribution in [0.1, 0.15) is 44.3 Å². The summed E-state index contributed by atoms with van der Waals surface area (Å²) in [5.74, 6) is 0.129. The van der Waals surface area contributed by atoms with E-state index in [-0.39, 0.29) is 25.4 Å². The maximum Gasteiger partial charge on any atom is 0.391 e. The number of nitrogens with zero attached hydrogens (tertiary/aromatic N) is 3. The molecular weight excluding hydrogens is 311 g/mol. The Labute approximate surface area is 132 Å². The lowest BCUT2D eigenvalue weighted by molar-refractivity contribution is -0.183. The highest BCUT2D eigenvalue weighted by atomic mass is 19.4. The zero-order chi connectivity index (χ0) is 16.9. The van der Waals surface area contributed by atoms with Gasteiger partial charge in [-0.3, -0.25) is 0 Å². The van der Waals surface area contributed by atoms with Crippen molar-refractivity contribution in [1.29, 1.82) is 0 Å². The molecule has 9 heteroatoms. The monoisotopic (exact) mass is 333 g/mol. The van der Waals surface area contributed by atoms with Gasteiger partial charge in [0.25, 0.3) is 0 Å². The number of nitrogens with one attached hydrogen (secondary N) is 2. The Kier molecular flexibility index (Phi) is 5.84. The number of hydrogen-bond acceptors (Lipinski definition) is 4. The highest BCUT2D eigenvalue weighted by molar-refractivity contribution is 5.80. The zero-order valence-corrected chi connectivity index (χ0v) is 13.3. The van der Waals surface area contributed by atoms with Gasteiger partial charge in [0.2, 0.25) is 5.89 Å². The quantitative estimate of drug-likeness (QED) is 0.654. The van der Waals surface area contributed by atoms with Crippen LogP contribution in [0.25, 0.3) is 0 Å². The molecule has 1 saturated carbocycles. The lowest BCUT2D eigenvalue weighted by Gasteiger charge is -2.31. The largest absolute Gasteiger partial charge is 0.391 e. The number of halogens is 3. The van der Waals surface area contributed by atoms with Crippen LogP contribution in [-0.2, 0) is 6.54 Å². The van der Waals surface area contributed by atoms with Gasteiger partial charge in [-0.2, -0.15) is 18.2 Å². The molecule has 0 amide bonds. The van der Waals surface area contributed by atoms with E-state index in [1.807, 2.05) is 6.92 Å². The van der Waals surface area contributed by atoms with E-state index in [1.54, 1.807) is 6.92 Å². The summed E-state index contributed by atoms with van der Waals surface area (Å²) in [6, 6.07) is -0.236.